The predicted octanol–water partition coefficient (Wildman–Crippen LogP) is 2.45. The number of benzene rings is 1. The Morgan fingerprint density at radius 1 is 1.30 bits per heavy atom. The van der Waals surface area contributed by atoms with Crippen molar-refractivity contribution in [2.75, 3.05) is 17.2 Å². The molecule has 2 aromatic rings. The van der Waals surface area contributed by atoms with Gasteiger partial charge in [0.1, 0.15) is 0 Å². The minimum absolute atomic E-state index is 0.0420. The Kier molecular flexibility index (Phi) is 3.46. The minimum atomic E-state index is 0.0420. The summed E-state index contributed by atoms with van der Waals surface area (Å²) < 4.78 is 1.70. The number of hydrogen-bond donors (Lipinski definition) is 2. The van der Waals surface area contributed by atoms with Gasteiger partial charge >= 0.3 is 0 Å². The molecule has 0 spiro atoms. The lowest BCUT2D eigenvalue weighted by molar-refractivity contribution is 0.727. The smallest absolute Gasteiger partial charge is 0.250 e. The van der Waals surface area contributed by atoms with Crippen LogP contribution < -0.4 is 16.2 Å². The largest absolute Gasteiger partial charge is 0.384 e. The summed E-state index contributed by atoms with van der Waals surface area (Å²) in [6.45, 7) is 4.45. The molecular formula is C16H19N3O. The van der Waals surface area contributed by atoms with Crippen molar-refractivity contribution in [1.82, 2.24) is 4.57 Å². The van der Waals surface area contributed by atoms with E-state index in [1.807, 2.05) is 19.2 Å². The summed E-state index contributed by atoms with van der Waals surface area (Å²) in [6, 6.07) is 9.87. The number of rotatable bonds is 4. The summed E-state index contributed by atoms with van der Waals surface area (Å²) in [4.78, 5) is 11.6. The molecule has 1 aromatic heterocycles. The summed E-state index contributed by atoms with van der Waals surface area (Å²) in [5.74, 6) is 0. The van der Waals surface area contributed by atoms with E-state index in [1.54, 1.807) is 10.6 Å². The minimum Gasteiger partial charge on any atom is -0.384 e. The van der Waals surface area contributed by atoms with Crippen molar-refractivity contribution in [3.8, 4) is 0 Å². The zero-order chi connectivity index (χ0) is 13.9. The second-order valence-corrected chi connectivity index (χ2v) is 5.02. The van der Waals surface area contributed by atoms with Gasteiger partial charge in [0.25, 0.3) is 5.56 Å². The van der Waals surface area contributed by atoms with Crippen LogP contribution in [0, 0.1) is 0 Å². The highest BCUT2D eigenvalue weighted by atomic mass is 16.1. The molecule has 4 nitrogen and oxygen atoms in total. The monoisotopic (exact) mass is 269 g/mol. The van der Waals surface area contributed by atoms with Crippen LogP contribution in [0.3, 0.4) is 0 Å². The number of pyridine rings is 1. The molecule has 0 atom stereocenters. The molecule has 0 unspecified atom stereocenters. The predicted molar refractivity (Wildman–Crippen MR) is 82.3 cm³/mol. The van der Waals surface area contributed by atoms with Crippen LogP contribution >= 0.6 is 0 Å². The van der Waals surface area contributed by atoms with Crippen LogP contribution in [-0.4, -0.2) is 11.1 Å². The molecule has 0 fully saturated rings. The van der Waals surface area contributed by atoms with Crippen LogP contribution in [0.2, 0.25) is 0 Å². The number of fused-ring (bicyclic) bond motifs is 1. The van der Waals surface area contributed by atoms with Crippen LogP contribution in [0.5, 0.6) is 0 Å². The Balaban J connectivity index is 1.77. The van der Waals surface area contributed by atoms with Crippen molar-refractivity contribution in [1.29, 1.82) is 0 Å². The van der Waals surface area contributed by atoms with Crippen LogP contribution in [0.15, 0.2) is 41.3 Å². The Hall–Kier alpha value is -2.23. The summed E-state index contributed by atoms with van der Waals surface area (Å²) in [5.41, 5.74) is 4.95. The lowest BCUT2D eigenvalue weighted by Gasteiger charge is -2.12. The van der Waals surface area contributed by atoms with Crippen molar-refractivity contribution in [2.45, 2.75) is 26.4 Å². The first-order valence-corrected chi connectivity index (χ1v) is 7.07. The van der Waals surface area contributed by atoms with Gasteiger partial charge in [-0.25, -0.2) is 0 Å². The van der Waals surface area contributed by atoms with E-state index in [4.69, 9.17) is 0 Å². The Bertz CT molecular complexity index is 676. The number of nitrogens with one attached hydrogen (secondary N) is 2. The zero-order valence-corrected chi connectivity index (χ0v) is 11.6. The lowest BCUT2D eigenvalue weighted by Crippen LogP contribution is -2.17. The number of hydrogen-bond acceptors (Lipinski definition) is 3. The fraction of sp³-hybridized carbons (Fsp3) is 0.312. The molecule has 1 aromatic carbocycles. The average molecular weight is 269 g/mol. The van der Waals surface area contributed by atoms with Gasteiger partial charge in [0, 0.05) is 37.6 Å². The van der Waals surface area contributed by atoms with Gasteiger partial charge < -0.3 is 15.2 Å². The van der Waals surface area contributed by atoms with Gasteiger partial charge in [-0.2, -0.15) is 0 Å². The second kappa shape index (κ2) is 5.41. The molecule has 1 aliphatic heterocycles. The third-order valence-electron chi connectivity index (χ3n) is 3.74. The molecule has 2 heterocycles. The molecular weight excluding hydrogens is 250 g/mol. The van der Waals surface area contributed by atoms with Gasteiger partial charge in [0.15, 0.2) is 0 Å². The van der Waals surface area contributed by atoms with Crippen molar-refractivity contribution in [3.05, 3.63) is 58.0 Å². The number of aromatic nitrogens is 1. The first-order valence-electron chi connectivity index (χ1n) is 7.07. The first kappa shape index (κ1) is 12.8. The summed E-state index contributed by atoms with van der Waals surface area (Å²) in [5, 5.41) is 6.83. The molecule has 0 saturated heterocycles. The number of nitrogens with zero attached hydrogens (tertiary/aromatic N) is 1. The van der Waals surface area contributed by atoms with Crippen LogP contribution in [0.4, 0.5) is 11.4 Å². The molecule has 0 aliphatic carbocycles. The Morgan fingerprint density at radius 2 is 2.20 bits per heavy atom. The van der Waals surface area contributed by atoms with Gasteiger partial charge in [-0.3, -0.25) is 4.79 Å². The van der Waals surface area contributed by atoms with E-state index in [1.165, 1.54) is 16.8 Å². The van der Waals surface area contributed by atoms with Gasteiger partial charge in [0.2, 0.25) is 0 Å². The van der Waals surface area contributed by atoms with Gasteiger partial charge in [-0.05, 0) is 30.5 Å². The number of anilines is 2. The maximum Gasteiger partial charge on any atom is 0.250 e. The Labute approximate surface area is 118 Å². The van der Waals surface area contributed by atoms with Gasteiger partial charge in [-0.15, -0.1) is 0 Å². The van der Waals surface area contributed by atoms with Crippen molar-refractivity contribution >= 4 is 11.4 Å². The van der Waals surface area contributed by atoms with Crippen LogP contribution in [0.25, 0.3) is 0 Å². The molecule has 104 valence electrons. The molecule has 2 N–H and O–H groups in total. The highest BCUT2D eigenvalue weighted by molar-refractivity contribution is 5.62. The maximum atomic E-state index is 11.6. The second-order valence-electron chi connectivity index (χ2n) is 5.02. The number of para-hydroxylation sites is 1. The lowest BCUT2D eigenvalue weighted by atomic mass is 10.1. The molecule has 0 amide bonds. The van der Waals surface area contributed by atoms with E-state index in [-0.39, 0.29) is 5.56 Å². The van der Waals surface area contributed by atoms with Crippen LogP contribution in [0.1, 0.15) is 18.1 Å². The van der Waals surface area contributed by atoms with E-state index in [2.05, 4.69) is 28.8 Å². The quantitative estimate of drug-likeness (QED) is 0.896. The van der Waals surface area contributed by atoms with Gasteiger partial charge in [0.05, 0.1) is 5.69 Å². The summed E-state index contributed by atoms with van der Waals surface area (Å²) in [7, 11) is 0. The first-order chi connectivity index (χ1) is 9.78. The highest BCUT2D eigenvalue weighted by Gasteiger charge is 2.13. The molecule has 3 rings (SSSR count). The molecule has 20 heavy (non-hydrogen) atoms. The summed E-state index contributed by atoms with van der Waals surface area (Å²) in [6.07, 6.45) is 2.98. The third kappa shape index (κ3) is 2.41. The molecule has 1 aliphatic rings. The van der Waals surface area contributed by atoms with Crippen molar-refractivity contribution in [3.63, 3.8) is 0 Å². The molecule has 0 bridgehead atoms. The van der Waals surface area contributed by atoms with Crippen molar-refractivity contribution < 1.29 is 0 Å². The van der Waals surface area contributed by atoms with E-state index < -0.39 is 0 Å². The topological polar surface area (TPSA) is 46.1 Å². The highest BCUT2D eigenvalue weighted by Crippen LogP contribution is 2.26. The zero-order valence-electron chi connectivity index (χ0n) is 11.6. The number of aryl methyl sites for hydroxylation is 1. The third-order valence-corrected chi connectivity index (χ3v) is 3.74. The normalized spacial score (nSPS) is 12.8. The molecule has 0 radical (unpaired) electrons. The standard InChI is InChI=1S/C16H19N3O/c1-2-19-11-14(6-7-15(19)20)18-10-13-5-3-4-12-8-9-17-16(12)13/h3-7,11,17-18H,2,8-10H2,1H3. The van der Waals surface area contributed by atoms with E-state index in [0.29, 0.717) is 6.54 Å². The maximum absolute atomic E-state index is 11.6. The van der Waals surface area contributed by atoms with Gasteiger partial charge in [-0.1, -0.05) is 18.2 Å². The van der Waals surface area contributed by atoms with E-state index in [0.717, 1.165) is 25.2 Å². The fourth-order valence-electron chi connectivity index (χ4n) is 2.64. The Morgan fingerprint density at radius 3 is 3.05 bits per heavy atom. The average Bonchev–Trinajstić information content (AvgIpc) is 2.95. The molecule has 4 heteroatoms. The summed E-state index contributed by atoms with van der Waals surface area (Å²) >= 11 is 0. The molecule has 0 saturated carbocycles. The fourth-order valence-corrected chi connectivity index (χ4v) is 2.64. The SMILES string of the molecule is CCn1cc(NCc2cccc3c2NCC3)ccc1=O. The van der Waals surface area contributed by atoms with Crippen molar-refractivity contribution in [2.24, 2.45) is 0 Å². The van der Waals surface area contributed by atoms with E-state index >= 15 is 0 Å². The van der Waals surface area contributed by atoms with Crippen LogP contribution in [-0.2, 0) is 19.5 Å². The van der Waals surface area contributed by atoms with E-state index in [9.17, 15) is 4.79 Å².